The van der Waals surface area contributed by atoms with Crippen LogP contribution in [-0.2, 0) is 27.7 Å². The van der Waals surface area contributed by atoms with Crippen LogP contribution in [0.5, 0.6) is 11.5 Å². The van der Waals surface area contributed by atoms with Crippen LogP contribution in [0.2, 0.25) is 0 Å². The van der Waals surface area contributed by atoms with E-state index >= 15 is 0 Å². The number of methoxy groups -OCH3 is 1. The predicted molar refractivity (Wildman–Crippen MR) is 148 cm³/mol. The third-order valence-electron chi connectivity index (χ3n) is 5.17. The number of benzene rings is 3. The molecule has 0 saturated heterocycles. The lowest BCUT2D eigenvalue weighted by Gasteiger charge is -2.17. The summed E-state index contributed by atoms with van der Waals surface area (Å²) < 4.78 is 34.5. The van der Waals surface area contributed by atoms with Gasteiger partial charge >= 0.3 is 0 Å². The molecule has 3 rings (SSSR count). The van der Waals surface area contributed by atoms with Gasteiger partial charge in [-0.2, -0.15) is 9.82 Å². The Balaban J connectivity index is 1.81. The maximum absolute atomic E-state index is 13.0. The van der Waals surface area contributed by atoms with Crippen LogP contribution in [0.25, 0.3) is 0 Å². The number of phenols is 1. The lowest BCUT2D eigenvalue weighted by molar-refractivity contribution is -0.122. The Morgan fingerprint density at radius 2 is 1.86 bits per heavy atom. The molecule has 3 N–H and O–H groups in total. The first-order valence-corrected chi connectivity index (χ1v) is 13.4. The van der Waals surface area contributed by atoms with Gasteiger partial charge in [0.2, 0.25) is 10.0 Å². The van der Waals surface area contributed by atoms with Crippen molar-refractivity contribution in [2.24, 2.45) is 5.10 Å². The largest absolute Gasteiger partial charge is 0.504 e. The van der Waals surface area contributed by atoms with E-state index in [4.69, 9.17) is 4.74 Å². The first-order chi connectivity index (χ1) is 17.2. The van der Waals surface area contributed by atoms with Crippen molar-refractivity contribution in [3.8, 4) is 11.5 Å². The highest BCUT2D eigenvalue weighted by Gasteiger charge is 2.26. The molecule has 0 unspecified atom stereocenters. The second-order valence-electron chi connectivity index (χ2n) is 7.78. The fraction of sp³-hybridized carbons (Fsp3) is 0.154. The Kier molecular flexibility index (Phi) is 9.62. The number of allylic oxidation sites excluding steroid dienone is 1. The number of phenolic OH excluding ortho intramolecular Hbond substituents is 1. The number of amides is 1. The molecule has 1 atom stereocenters. The summed E-state index contributed by atoms with van der Waals surface area (Å²) >= 11 is 2.09. The molecular formula is C26H26IN3O5S. The minimum absolute atomic E-state index is 0.00603. The van der Waals surface area contributed by atoms with Gasteiger partial charge in [-0.1, -0.05) is 36.4 Å². The van der Waals surface area contributed by atoms with Crippen molar-refractivity contribution in [2.75, 3.05) is 7.11 Å². The molecule has 188 valence electrons. The molecule has 0 radical (unpaired) electrons. The maximum Gasteiger partial charge on any atom is 0.258 e. The SMILES string of the molecule is C=CCc1cc(/C=N\NC(=O)[C@@H](Cc2ccccc2)NS(=O)(=O)c2ccc(I)cc2)cc(OC)c1O. The molecule has 3 aromatic carbocycles. The highest BCUT2D eigenvalue weighted by Crippen LogP contribution is 2.31. The van der Waals surface area contributed by atoms with Gasteiger partial charge < -0.3 is 9.84 Å². The van der Waals surface area contributed by atoms with Crippen molar-refractivity contribution >= 4 is 44.7 Å². The summed E-state index contributed by atoms with van der Waals surface area (Å²) in [6, 6.07) is 17.6. The van der Waals surface area contributed by atoms with E-state index in [1.165, 1.54) is 25.5 Å². The number of aromatic hydroxyl groups is 1. The molecule has 36 heavy (non-hydrogen) atoms. The van der Waals surface area contributed by atoms with E-state index in [9.17, 15) is 18.3 Å². The molecule has 0 spiro atoms. The minimum Gasteiger partial charge on any atom is -0.504 e. The smallest absolute Gasteiger partial charge is 0.258 e. The Morgan fingerprint density at radius 1 is 1.17 bits per heavy atom. The average molecular weight is 619 g/mol. The van der Waals surface area contributed by atoms with E-state index in [2.05, 4.69) is 44.4 Å². The minimum atomic E-state index is -3.96. The van der Waals surface area contributed by atoms with Crippen LogP contribution in [-0.4, -0.2) is 38.8 Å². The molecule has 0 fully saturated rings. The fourth-order valence-corrected chi connectivity index (χ4v) is 4.94. The van der Waals surface area contributed by atoms with E-state index in [0.717, 1.165) is 9.13 Å². The first-order valence-electron chi connectivity index (χ1n) is 10.9. The zero-order valence-electron chi connectivity index (χ0n) is 19.5. The molecule has 0 aliphatic heterocycles. The molecule has 0 aliphatic rings. The topological polar surface area (TPSA) is 117 Å². The van der Waals surface area contributed by atoms with Gasteiger partial charge in [0.25, 0.3) is 5.91 Å². The molecule has 0 aliphatic carbocycles. The van der Waals surface area contributed by atoms with Crippen molar-refractivity contribution in [3.63, 3.8) is 0 Å². The summed E-state index contributed by atoms with van der Waals surface area (Å²) in [4.78, 5) is 13.1. The Labute approximate surface area is 224 Å². The molecule has 0 aromatic heterocycles. The summed E-state index contributed by atoms with van der Waals surface area (Å²) in [5.41, 5.74) is 4.36. The summed E-state index contributed by atoms with van der Waals surface area (Å²) in [5.74, 6) is -0.359. The number of nitrogens with zero attached hydrogens (tertiary/aromatic N) is 1. The van der Waals surface area contributed by atoms with Crippen LogP contribution in [0, 0.1) is 3.57 Å². The Morgan fingerprint density at radius 3 is 2.50 bits per heavy atom. The number of sulfonamides is 1. The number of nitrogens with one attached hydrogen (secondary N) is 2. The second-order valence-corrected chi connectivity index (χ2v) is 10.7. The molecule has 0 bridgehead atoms. The van der Waals surface area contributed by atoms with Crippen molar-refractivity contribution in [3.05, 3.63) is 99.6 Å². The number of hydrogen-bond donors (Lipinski definition) is 3. The lowest BCUT2D eigenvalue weighted by Crippen LogP contribution is -2.46. The summed E-state index contributed by atoms with van der Waals surface area (Å²) in [6.45, 7) is 3.68. The van der Waals surface area contributed by atoms with Gasteiger partial charge in [0, 0.05) is 9.13 Å². The molecular weight excluding hydrogens is 593 g/mol. The van der Waals surface area contributed by atoms with Gasteiger partial charge in [-0.3, -0.25) is 4.79 Å². The van der Waals surface area contributed by atoms with Crippen molar-refractivity contribution in [1.82, 2.24) is 10.1 Å². The zero-order chi connectivity index (χ0) is 26.1. The number of halogens is 1. The normalized spacial score (nSPS) is 12.3. The summed E-state index contributed by atoms with van der Waals surface area (Å²) in [5, 5.41) is 14.2. The quantitative estimate of drug-likeness (QED) is 0.131. The number of hydrazone groups is 1. The van der Waals surface area contributed by atoms with Gasteiger partial charge in [0.1, 0.15) is 6.04 Å². The number of rotatable bonds is 11. The maximum atomic E-state index is 13.0. The van der Waals surface area contributed by atoms with Gasteiger partial charge in [-0.25, -0.2) is 13.8 Å². The van der Waals surface area contributed by atoms with Gasteiger partial charge in [-0.15, -0.1) is 6.58 Å². The second kappa shape index (κ2) is 12.7. The fourth-order valence-electron chi connectivity index (χ4n) is 3.39. The zero-order valence-corrected chi connectivity index (χ0v) is 22.5. The van der Waals surface area contributed by atoms with Crippen molar-refractivity contribution in [2.45, 2.75) is 23.8 Å². The lowest BCUT2D eigenvalue weighted by atomic mass is 10.1. The van der Waals surface area contributed by atoms with Crippen LogP contribution in [0.4, 0.5) is 0 Å². The van der Waals surface area contributed by atoms with E-state index < -0.39 is 22.0 Å². The monoisotopic (exact) mass is 619 g/mol. The molecule has 3 aromatic rings. The average Bonchev–Trinajstić information content (AvgIpc) is 2.86. The van der Waals surface area contributed by atoms with Crippen molar-refractivity contribution < 1.29 is 23.1 Å². The van der Waals surface area contributed by atoms with Crippen LogP contribution in [0.15, 0.2) is 89.4 Å². The standard InChI is InChI=1S/C26H26IN3O5S/c1-3-7-20-14-19(16-24(35-2)25(20)31)17-28-29-26(32)23(15-18-8-5-4-6-9-18)30-36(33,34)22-12-10-21(27)11-13-22/h3-6,8-14,16-17,23,30-31H,1,7,15H2,2H3,(H,29,32)/b28-17-/t23-/m1/s1. The third kappa shape index (κ3) is 7.39. The summed E-state index contributed by atoms with van der Waals surface area (Å²) in [7, 11) is -2.53. The van der Waals surface area contributed by atoms with Crippen LogP contribution < -0.4 is 14.9 Å². The van der Waals surface area contributed by atoms with E-state index in [1.54, 1.807) is 30.3 Å². The van der Waals surface area contributed by atoms with Gasteiger partial charge in [0.15, 0.2) is 11.5 Å². The molecule has 0 heterocycles. The Bertz CT molecular complexity index is 1340. The number of carbonyl (C=O) groups is 1. The Hall–Kier alpha value is -3.22. The van der Waals surface area contributed by atoms with E-state index in [-0.39, 0.29) is 22.8 Å². The van der Waals surface area contributed by atoms with Crippen LogP contribution in [0.1, 0.15) is 16.7 Å². The van der Waals surface area contributed by atoms with Gasteiger partial charge in [-0.05, 0) is 83.0 Å². The van der Waals surface area contributed by atoms with Crippen LogP contribution in [0.3, 0.4) is 0 Å². The molecule has 0 saturated carbocycles. The van der Waals surface area contributed by atoms with E-state index in [0.29, 0.717) is 17.5 Å². The van der Waals surface area contributed by atoms with Crippen molar-refractivity contribution in [1.29, 1.82) is 0 Å². The summed E-state index contributed by atoms with van der Waals surface area (Å²) in [6.07, 6.45) is 3.57. The number of carbonyl (C=O) groups excluding carboxylic acids is 1. The highest BCUT2D eigenvalue weighted by atomic mass is 127. The van der Waals surface area contributed by atoms with Crippen LogP contribution >= 0.6 is 22.6 Å². The highest BCUT2D eigenvalue weighted by molar-refractivity contribution is 14.1. The molecule has 10 heteroatoms. The van der Waals surface area contributed by atoms with Gasteiger partial charge in [0.05, 0.1) is 18.2 Å². The number of hydrogen-bond acceptors (Lipinski definition) is 6. The molecule has 1 amide bonds. The molecule has 8 nitrogen and oxygen atoms in total. The van der Waals surface area contributed by atoms with E-state index in [1.807, 2.05) is 30.3 Å². The predicted octanol–water partition coefficient (Wildman–Crippen LogP) is 3.77. The first kappa shape index (κ1) is 27.4. The number of ether oxygens (including phenoxy) is 1. The third-order valence-corrected chi connectivity index (χ3v) is 7.38.